The first-order chi connectivity index (χ1) is 11.7. The van der Waals surface area contributed by atoms with E-state index in [0.717, 1.165) is 32.1 Å². The van der Waals surface area contributed by atoms with Crippen molar-refractivity contribution in [2.45, 2.75) is 70.8 Å². The third-order valence-corrected chi connectivity index (χ3v) is 4.51. The summed E-state index contributed by atoms with van der Waals surface area (Å²) in [6.07, 6.45) is 11.6. The molecular weight excluding hydrogens is 302 g/mol. The van der Waals surface area contributed by atoms with Crippen LogP contribution in [0.25, 0.3) is 0 Å². The van der Waals surface area contributed by atoms with Gasteiger partial charge in [0.1, 0.15) is 5.69 Å². The van der Waals surface area contributed by atoms with Crippen LogP contribution in [0.3, 0.4) is 0 Å². The molecule has 0 aliphatic heterocycles. The first kappa shape index (κ1) is 18.4. The molecule has 1 saturated carbocycles. The quantitative estimate of drug-likeness (QED) is 0.594. The molecule has 1 aliphatic carbocycles. The first-order valence-corrected chi connectivity index (χ1v) is 9.26. The number of carbonyl (C=O) groups is 2. The summed E-state index contributed by atoms with van der Waals surface area (Å²) in [5.41, 5.74) is 0.813. The highest BCUT2D eigenvalue weighted by Gasteiger charge is 2.17. The van der Waals surface area contributed by atoms with Gasteiger partial charge in [0.05, 0.1) is 0 Å². The second-order valence-corrected chi connectivity index (χ2v) is 6.55. The van der Waals surface area contributed by atoms with E-state index >= 15 is 0 Å². The van der Waals surface area contributed by atoms with Gasteiger partial charge in [0.2, 0.25) is 0 Å². The molecule has 0 bridgehead atoms. The highest BCUT2D eigenvalue weighted by Crippen LogP contribution is 2.17. The van der Waals surface area contributed by atoms with E-state index in [2.05, 4.69) is 22.5 Å². The molecule has 0 unspecified atom stereocenters. The van der Waals surface area contributed by atoms with Crippen molar-refractivity contribution in [1.82, 2.24) is 15.6 Å². The maximum atomic E-state index is 12.4. The largest absolute Gasteiger partial charge is 0.352 e. The standard InChI is InChI=1S/C19H29N3O2/c1-2-3-8-12-21-18(23)15-11-13-20-17(14-15)19(24)22-16-9-6-4-5-7-10-16/h11,13-14,16H,2-10,12H2,1H3,(H,21,23)(H,22,24). The van der Waals surface area contributed by atoms with Crippen LogP contribution in [0.2, 0.25) is 0 Å². The van der Waals surface area contributed by atoms with Crippen molar-refractivity contribution in [2.75, 3.05) is 6.54 Å². The van der Waals surface area contributed by atoms with Crippen molar-refractivity contribution in [3.63, 3.8) is 0 Å². The molecule has 1 aromatic rings. The predicted molar refractivity (Wildman–Crippen MR) is 95.1 cm³/mol. The highest BCUT2D eigenvalue weighted by molar-refractivity contribution is 5.98. The molecule has 0 saturated heterocycles. The van der Waals surface area contributed by atoms with Gasteiger partial charge in [0, 0.05) is 24.3 Å². The van der Waals surface area contributed by atoms with E-state index in [1.165, 1.54) is 31.9 Å². The summed E-state index contributed by atoms with van der Waals surface area (Å²) in [6, 6.07) is 3.46. The van der Waals surface area contributed by atoms with Gasteiger partial charge in [-0.2, -0.15) is 0 Å². The Labute approximate surface area is 144 Å². The molecule has 0 spiro atoms. The fraction of sp³-hybridized carbons (Fsp3) is 0.632. The van der Waals surface area contributed by atoms with Crippen LogP contribution >= 0.6 is 0 Å². The minimum absolute atomic E-state index is 0.142. The van der Waals surface area contributed by atoms with Crippen LogP contribution in [-0.2, 0) is 0 Å². The average molecular weight is 331 g/mol. The number of nitrogens with one attached hydrogen (secondary N) is 2. The number of nitrogens with zero attached hydrogens (tertiary/aromatic N) is 1. The number of carbonyl (C=O) groups excluding carboxylic acids is 2. The lowest BCUT2D eigenvalue weighted by Gasteiger charge is -2.16. The van der Waals surface area contributed by atoms with Crippen LogP contribution in [0.15, 0.2) is 18.3 Å². The summed E-state index contributed by atoms with van der Waals surface area (Å²) in [5, 5.41) is 5.96. The molecule has 5 heteroatoms. The Bertz CT molecular complexity index is 537. The minimum Gasteiger partial charge on any atom is -0.352 e. The lowest BCUT2D eigenvalue weighted by molar-refractivity contribution is 0.0928. The summed E-state index contributed by atoms with van der Waals surface area (Å²) >= 11 is 0. The van der Waals surface area contributed by atoms with Crippen LogP contribution in [0.4, 0.5) is 0 Å². The van der Waals surface area contributed by atoms with Crippen molar-refractivity contribution in [1.29, 1.82) is 0 Å². The van der Waals surface area contributed by atoms with Gasteiger partial charge in [-0.15, -0.1) is 0 Å². The first-order valence-electron chi connectivity index (χ1n) is 9.26. The van der Waals surface area contributed by atoms with Gasteiger partial charge in [0.15, 0.2) is 0 Å². The van der Waals surface area contributed by atoms with E-state index in [0.29, 0.717) is 17.8 Å². The number of pyridine rings is 1. The second kappa shape index (κ2) is 10.1. The SMILES string of the molecule is CCCCCNC(=O)c1ccnc(C(=O)NC2CCCCCC2)c1. The zero-order chi connectivity index (χ0) is 17.2. The Morgan fingerprint density at radius 2 is 1.88 bits per heavy atom. The normalized spacial score (nSPS) is 15.5. The smallest absolute Gasteiger partial charge is 0.270 e. The molecule has 1 aliphatic rings. The summed E-state index contributed by atoms with van der Waals surface area (Å²) in [7, 11) is 0. The van der Waals surface area contributed by atoms with Gasteiger partial charge in [-0.25, -0.2) is 0 Å². The zero-order valence-electron chi connectivity index (χ0n) is 14.6. The molecule has 132 valence electrons. The van der Waals surface area contributed by atoms with Crippen LogP contribution in [0.1, 0.15) is 85.6 Å². The van der Waals surface area contributed by atoms with Crippen molar-refractivity contribution < 1.29 is 9.59 Å². The van der Waals surface area contributed by atoms with Gasteiger partial charge in [0.25, 0.3) is 11.8 Å². The van der Waals surface area contributed by atoms with Crippen molar-refractivity contribution in [3.05, 3.63) is 29.6 Å². The van der Waals surface area contributed by atoms with Crippen LogP contribution in [0, 0.1) is 0 Å². The predicted octanol–water partition coefficient (Wildman–Crippen LogP) is 3.45. The monoisotopic (exact) mass is 331 g/mol. The molecule has 2 N–H and O–H groups in total. The summed E-state index contributed by atoms with van der Waals surface area (Å²) in [5.74, 6) is -0.320. The molecule has 1 heterocycles. The van der Waals surface area contributed by atoms with Crippen molar-refractivity contribution >= 4 is 11.8 Å². The van der Waals surface area contributed by atoms with Crippen LogP contribution in [-0.4, -0.2) is 29.4 Å². The average Bonchev–Trinajstić information content (AvgIpc) is 2.87. The molecule has 2 amide bonds. The summed E-state index contributed by atoms with van der Waals surface area (Å²) in [4.78, 5) is 28.7. The van der Waals surface area contributed by atoms with Gasteiger partial charge in [-0.05, 0) is 31.4 Å². The maximum Gasteiger partial charge on any atom is 0.270 e. The molecule has 0 atom stereocenters. The van der Waals surface area contributed by atoms with E-state index in [1.807, 2.05) is 0 Å². The van der Waals surface area contributed by atoms with E-state index in [-0.39, 0.29) is 17.9 Å². The minimum atomic E-state index is -0.178. The Balaban J connectivity index is 1.90. The Morgan fingerprint density at radius 1 is 1.12 bits per heavy atom. The summed E-state index contributed by atoms with van der Waals surface area (Å²) < 4.78 is 0. The van der Waals surface area contributed by atoms with Gasteiger partial charge in [-0.1, -0.05) is 45.4 Å². The molecule has 1 aromatic heterocycles. The lowest BCUT2D eigenvalue weighted by Crippen LogP contribution is -2.35. The molecule has 0 aromatic carbocycles. The lowest BCUT2D eigenvalue weighted by atomic mass is 10.1. The van der Waals surface area contributed by atoms with E-state index in [9.17, 15) is 9.59 Å². The number of unbranched alkanes of at least 4 members (excludes halogenated alkanes) is 2. The number of amides is 2. The summed E-state index contributed by atoms with van der Waals surface area (Å²) in [6.45, 7) is 2.79. The Kier molecular flexibility index (Phi) is 7.72. The van der Waals surface area contributed by atoms with E-state index < -0.39 is 0 Å². The molecule has 0 radical (unpaired) electrons. The number of hydrogen-bond donors (Lipinski definition) is 2. The second-order valence-electron chi connectivity index (χ2n) is 6.55. The number of rotatable bonds is 7. The highest BCUT2D eigenvalue weighted by atomic mass is 16.2. The van der Waals surface area contributed by atoms with Gasteiger partial charge < -0.3 is 10.6 Å². The Morgan fingerprint density at radius 3 is 2.58 bits per heavy atom. The molecule has 24 heavy (non-hydrogen) atoms. The number of hydrogen-bond acceptors (Lipinski definition) is 3. The fourth-order valence-corrected chi connectivity index (χ4v) is 3.06. The van der Waals surface area contributed by atoms with Crippen LogP contribution in [0.5, 0.6) is 0 Å². The van der Waals surface area contributed by atoms with Crippen molar-refractivity contribution in [2.24, 2.45) is 0 Å². The number of aromatic nitrogens is 1. The molecule has 5 nitrogen and oxygen atoms in total. The maximum absolute atomic E-state index is 12.4. The van der Waals surface area contributed by atoms with Crippen LogP contribution < -0.4 is 10.6 Å². The third-order valence-electron chi connectivity index (χ3n) is 4.51. The molecular formula is C19H29N3O2. The van der Waals surface area contributed by atoms with E-state index in [1.54, 1.807) is 12.1 Å². The van der Waals surface area contributed by atoms with E-state index in [4.69, 9.17) is 0 Å². The fourth-order valence-electron chi connectivity index (χ4n) is 3.06. The van der Waals surface area contributed by atoms with Crippen molar-refractivity contribution in [3.8, 4) is 0 Å². The Hall–Kier alpha value is -1.91. The van der Waals surface area contributed by atoms with Gasteiger partial charge in [-0.3, -0.25) is 14.6 Å². The topological polar surface area (TPSA) is 71.1 Å². The zero-order valence-corrected chi connectivity index (χ0v) is 14.6. The van der Waals surface area contributed by atoms with Gasteiger partial charge >= 0.3 is 0 Å². The molecule has 2 rings (SSSR count). The molecule has 1 fully saturated rings. The third kappa shape index (κ3) is 5.95.